The van der Waals surface area contributed by atoms with Crippen LogP contribution in [0.5, 0.6) is 5.75 Å². The second kappa shape index (κ2) is 12.2. The summed E-state index contributed by atoms with van der Waals surface area (Å²) >= 11 is 0. The number of unbranched alkanes of at least 4 members (excludes halogenated alkanes) is 2. The highest BCUT2D eigenvalue weighted by molar-refractivity contribution is 6.21. The van der Waals surface area contributed by atoms with Crippen molar-refractivity contribution in [2.24, 2.45) is 0 Å². The maximum absolute atomic E-state index is 12.5. The number of aliphatic hydroxyl groups excluding tert-OH is 1. The molecule has 0 unspecified atom stereocenters. The van der Waals surface area contributed by atoms with E-state index in [4.69, 9.17) is 9.72 Å². The van der Waals surface area contributed by atoms with Gasteiger partial charge in [-0.2, -0.15) is 9.97 Å². The minimum Gasteiger partial charge on any atom is -0.494 e. The summed E-state index contributed by atoms with van der Waals surface area (Å²) in [5.41, 5.74) is 4.18. The van der Waals surface area contributed by atoms with Gasteiger partial charge in [0.05, 0.1) is 30.2 Å². The monoisotopic (exact) mass is 569 g/mol. The molecule has 0 spiro atoms. The van der Waals surface area contributed by atoms with Gasteiger partial charge in [-0.1, -0.05) is 12.1 Å². The summed E-state index contributed by atoms with van der Waals surface area (Å²) in [6.07, 6.45) is 7.11. The van der Waals surface area contributed by atoms with E-state index in [0.717, 1.165) is 61.9 Å². The third kappa shape index (κ3) is 5.91. The smallest absolute Gasteiger partial charge is 0.261 e. The number of anilines is 3. The minimum atomic E-state index is -0.219. The molecule has 1 fully saturated rings. The van der Waals surface area contributed by atoms with Crippen LogP contribution in [0.25, 0.3) is 11.2 Å². The lowest BCUT2D eigenvalue weighted by molar-refractivity contribution is 0.0651. The van der Waals surface area contributed by atoms with Crippen LogP contribution in [-0.4, -0.2) is 67.1 Å². The van der Waals surface area contributed by atoms with Gasteiger partial charge >= 0.3 is 0 Å². The third-order valence-corrected chi connectivity index (χ3v) is 7.93. The van der Waals surface area contributed by atoms with Gasteiger partial charge in [0.1, 0.15) is 11.3 Å². The summed E-state index contributed by atoms with van der Waals surface area (Å²) in [4.78, 5) is 43.1. The number of aliphatic hydroxyl groups is 1. The van der Waals surface area contributed by atoms with Crippen molar-refractivity contribution in [1.82, 2.24) is 24.8 Å². The summed E-state index contributed by atoms with van der Waals surface area (Å²) < 4.78 is 5.97. The van der Waals surface area contributed by atoms with Gasteiger partial charge < -0.3 is 25.5 Å². The SMILES string of the molecule is Cc1cc(OCCCCCN2C(=O)c3ccccc3C2=O)ccc1Nc1nc(NC2CCC(O)CC2)c2nc[nH]c2n1. The molecule has 2 amide bonds. The van der Waals surface area contributed by atoms with Gasteiger partial charge in [0.2, 0.25) is 5.95 Å². The van der Waals surface area contributed by atoms with Crippen LogP contribution >= 0.6 is 0 Å². The van der Waals surface area contributed by atoms with E-state index >= 15 is 0 Å². The van der Waals surface area contributed by atoms with Gasteiger partial charge in [0.15, 0.2) is 11.5 Å². The molecule has 3 heterocycles. The fraction of sp³-hybridized carbons (Fsp3) is 0.387. The average Bonchev–Trinajstić information content (AvgIpc) is 3.56. The van der Waals surface area contributed by atoms with Gasteiger partial charge in [0, 0.05) is 18.3 Å². The largest absolute Gasteiger partial charge is 0.494 e. The minimum absolute atomic E-state index is 0.205. The lowest BCUT2D eigenvalue weighted by Crippen LogP contribution is -2.30. The Hall–Kier alpha value is -4.51. The summed E-state index contributed by atoms with van der Waals surface area (Å²) in [5, 5.41) is 16.7. The molecule has 4 aromatic rings. The molecule has 2 aromatic heterocycles. The predicted molar refractivity (Wildman–Crippen MR) is 159 cm³/mol. The molecule has 0 radical (unpaired) electrons. The quantitative estimate of drug-likeness (QED) is 0.145. The maximum Gasteiger partial charge on any atom is 0.261 e. The molecule has 4 N–H and O–H groups in total. The van der Waals surface area contributed by atoms with Crippen molar-refractivity contribution in [2.45, 2.75) is 64.0 Å². The Balaban J connectivity index is 0.994. The second-order valence-corrected chi connectivity index (χ2v) is 11.0. The van der Waals surface area contributed by atoms with Gasteiger partial charge in [-0.25, -0.2) is 4.98 Å². The summed E-state index contributed by atoms with van der Waals surface area (Å²) in [7, 11) is 0. The van der Waals surface area contributed by atoms with Crippen molar-refractivity contribution in [3.05, 3.63) is 65.5 Å². The number of nitrogens with zero attached hydrogens (tertiary/aromatic N) is 4. The Labute approximate surface area is 243 Å². The Bertz CT molecular complexity index is 1560. The molecular formula is C31H35N7O4. The van der Waals surface area contributed by atoms with E-state index < -0.39 is 0 Å². The molecule has 11 nitrogen and oxygen atoms in total. The van der Waals surface area contributed by atoms with Crippen molar-refractivity contribution in [2.75, 3.05) is 23.8 Å². The van der Waals surface area contributed by atoms with Crippen molar-refractivity contribution in [3.8, 4) is 5.75 Å². The Morgan fingerprint density at radius 3 is 2.50 bits per heavy atom. The standard InChI is InChI=1S/C31H35N7O4/c1-19-17-22(42-16-6-2-5-15-38-29(40)23-7-3-4-8-24(23)30(38)41)13-14-25(19)35-31-36-27-26(32-18-33-27)28(37-31)34-20-9-11-21(39)12-10-20/h3-4,7-8,13-14,17-18,20-21,39H,2,5-6,9-12,15-16H2,1H3,(H3,32,33,34,35,36,37). The van der Waals surface area contributed by atoms with Crippen LogP contribution in [0.15, 0.2) is 48.8 Å². The highest BCUT2D eigenvalue weighted by atomic mass is 16.5. The number of fused-ring (bicyclic) bond motifs is 2. The second-order valence-electron chi connectivity index (χ2n) is 11.0. The predicted octanol–water partition coefficient (Wildman–Crippen LogP) is 4.97. The van der Waals surface area contributed by atoms with Crippen LogP contribution in [0.3, 0.4) is 0 Å². The Morgan fingerprint density at radius 1 is 1.00 bits per heavy atom. The number of hydrogen-bond donors (Lipinski definition) is 4. The topological polar surface area (TPSA) is 145 Å². The molecule has 0 atom stereocenters. The highest BCUT2D eigenvalue weighted by Crippen LogP contribution is 2.28. The number of carbonyl (C=O) groups excluding carboxylic acids is 2. The molecule has 2 aromatic carbocycles. The first-order chi connectivity index (χ1) is 20.5. The zero-order valence-corrected chi connectivity index (χ0v) is 23.6. The third-order valence-electron chi connectivity index (χ3n) is 7.93. The van der Waals surface area contributed by atoms with Crippen molar-refractivity contribution >= 4 is 40.4 Å². The molecule has 1 aliphatic heterocycles. The van der Waals surface area contributed by atoms with E-state index in [-0.39, 0.29) is 24.0 Å². The van der Waals surface area contributed by atoms with Gasteiger partial charge in [-0.3, -0.25) is 14.5 Å². The van der Waals surface area contributed by atoms with E-state index in [1.807, 2.05) is 25.1 Å². The van der Waals surface area contributed by atoms with E-state index in [9.17, 15) is 14.7 Å². The number of carbonyl (C=O) groups is 2. The number of H-pyrrole nitrogens is 1. The molecule has 42 heavy (non-hydrogen) atoms. The average molecular weight is 570 g/mol. The highest BCUT2D eigenvalue weighted by Gasteiger charge is 2.34. The van der Waals surface area contributed by atoms with E-state index in [1.54, 1.807) is 30.6 Å². The number of imide groups is 1. The summed E-state index contributed by atoms with van der Waals surface area (Å²) in [5.74, 6) is 1.49. The molecule has 6 rings (SSSR count). The van der Waals surface area contributed by atoms with Crippen LogP contribution < -0.4 is 15.4 Å². The molecule has 11 heteroatoms. The van der Waals surface area contributed by atoms with E-state index in [2.05, 4.69) is 25.6 Å². The Kier molecular flexibility index (Phi) is 8.00. The molecule has 2 aliphatic rings. The van der Waals surface area contributed by atoms with Crippen LogP contribution in [0.4, 0.5) is 17.5 Å². The van der Waals surface area contributed by atoms with Crippen molar-refractivity contribution in [1.29, 1.82) is 0 Å². The summed E-state index contributed by atoms with van der Waals surface area (Å²) in [6.45, 7) is 2.96. The normalized spacial score (nSPS) is 18.4. The van der Waals surface area contributed by atoms with E-state index in [0.29, 0.717) is 47.2 Å². The first-order valence-corrected chi connectivity index (χ1v) is 14.6. The fourth-order valence-corrected chi connectivity index (χ4v) is 5.57. The Morgan fingerprint density at radius 2 is 1.76 bits per heavy atom. The van der Waals surface area contributed by atoms with Crippen LogP contribution in [0.2, 0.25) is 0 Å². The number of amides is 2. The van der Waals surface area contributed by atoms with Crippen LogP contribution in [0.1, 0.15) is 71.2 Å². The molecule has 1 saturated carbocycles. The first kappa shape index (κ1) is 27.6. The number of imidazole rings is 1. The number of hydrogen-bond acceptors (Lipinski definition) is 9. The van der Waals surface area contributed by atoms with Crippen molar-refractivity contribution < 1.29 is 19.4 Å². The number of nitrogens with one attached hydrogen (secondary N) is 3. The lowest BCUT2D eigenvalue weighted by Gasteiger charge is -2.26. The first-order valence-electron chi connectivity index (χ1n) is 14.6. The number of aromatic amines is 1. The number of ether oxygens (including phenoxy) is 1. The van der Waals surface area contributed by atoms with Gasteiger partial charge in [-0.15, -0.1) is 0 Å². The molecule has 218 valence electrons. The zero-order valence-electron chi connectivity index (χ0n) is 23.6. The molecule has 1 aliphatic carbocycles. The van der Waals surface area contributed by atoms with E-state index in [1.165, 1.54) is 4.90 Å². The lowest BCUT2D eigenvalue weighted by atomic mass is 9.93. The fourth-order valence-electron chi connectivity index (χ4n) is 5.57. The maximum atomic E-state index is 12.5. The molecule has 0 bridgehead atoms. The number of aromatic nitrogens is 4. The summed E-state index contributed by atoms with van der Waals surface area (Å²) in [6, 6.07) is 13.0. The number of rotatable bonds is 11. The van der Waals surface area contributed by atoms with Gasteiger partial charge in [-0.05, 0) is 87.8 Å². The van der Waals surface area contributed by atoms with Crippen LogP contribution in [-0.2, 0) is 0 Å². The number of benzene rings is 2. The van der Waals surface area contributed by atoms with Crippen LogP contribution in [0, 0.1) is 6.92 Å². The molecule has 0 saturated heterocycles. The zero-order chi connectivity index (χ0) is 29.1. The van der Waals surface area contributed by atoms with Crippen molar-refractivity contribution in [3.63, 3.8) is 0 Å². The molecular weight excluding hydrogens is 534 g/mol. The van der Waals surface area contributed by atoms with Gasteiger partial charge in [0.25, 0.3) is 11.8 Å². The number of aryl methyl sites for hydroxylation is 1.